The van der Waals surface area contributed by atoms with Gasteiger partial charge in [0.05, 0.1) is 10.3 Å². The maximum Gasteiger partial charge on any atom is 0.261 e. The first-order valence-corrected chi connectivity index (χ1v) is 11.0. The van der Waals surface area contributed by atoms with Gasteiger partial charge in [-0.3, -0.25) is 9.52 Å². The molecule has 10 heteroatoms. The minimum Gasteiger partial charge on any atom is -0.504 e. The quantitative estimate of drug-likeness (QED) is 0.307. The molecule has 0 bridgehead atoms. The van der Waals surface area contributed by atoms with E-state index in [9.17, 15) is 28.5 Å². The van der Waals surface area contributed by atoms with Gasteiger partial charge in [0.25, 0.3) is 10.0 Å². The number of phenolic OH excluding ortho intramolecular Hbond substituents is 2. The Bertz CT molecular complexity index is 1500. The lowest BCUT2D eigenvalue weighted by atomic mass is 10.1. The second kappa shape index (κ2) is 7.64. The Morgan fingerprint density at radius 2 is 1.68 bits per heavy atom. The van der Waals surface area contributed by atoms with Crippen molar-refractivity contribution in [2.24, 2.45) is 0 Å². The molecule has 0 radical (unpaired) electrons. The number of anilines is 1. The third kappa shape index (κ3) is 3.94. The molecule has 31 heavy (non-hydrogen) atoms. The average molecular weight is 504 g/mol. The topological polar surface area (TPSA) is 137 Å². The molecular formula is C21H14BrNO7S. The zero-order valence-electron chi connectivity index (χ0n) is 15.5. The fraction of sp³-hybridized carbons (Fsp3) is 0. The highest BCUT2D eigenvalue weighted by Gasteiger charge is 2.19. The normalized spacial score (nSPS) is 11.5. The van der Waals surface area contributed by atoms with Gasteiger partial charge in [-0.2, -0.15) is 0 Å². The van der Waals surface area contributed by atoms with Gasteiger partial charge in [-0.25, -0.2) is 8.42 Å². The fourth-order valence-electron chi connectivity index (χ4n) is 2.96. The average Bonchev–Trinajstić information content (AvgIpc) is 2.73. The number of aromatic hydroxyl groups is 3. The van der Waals surface area contributed by atoms with Crippen LogP contribution in [0.5, 0.6) is 17.2 Å². The zero-order chi connectivity index (χ0) is 22.3. The second-order valence-corrected chi connectivity index (χ2v) is 9.18. The smallest absolute Gasteiger partial charge is 0.261 e. The van der Waals surface area contributed by atoms with Crippen molar-refractivity contribution in [3.63, 3.8) is 0 Å². The molecule has 0 atom stereocenters. The summed E-state index contributed by atoms with van der Waals surface area (Å²) in [7, 11) is -3.91. The Morgan fingerprint density at radius 3 is 2.39 bits per heavy atom. The number of hydrogen-bond acceptors (Lipinski definition) is 7. The standard InChI is InChI=1S/C21H14BrNO7S/c22-12-2-1-3-14(9-12)31(28,29)23-13-5-7-18-15(10-13)19(26)20(27)21(30-18)11-4-6-16(24)17(25)8-11/h1-10,23-25,27H. The first kappa shape index (κ1) is 20.8. The van der Waals surface area contributed by atoms with Gasteiger partial charge < -0.3 is 19.7 Å². The molecule has 0 fully saturated rings. The first-order valence-electron chi connectivity index (χ1n) is 8.76. The Labute approximate surface area is 184 Å². The van der Waals surface area contributed by atoms with E-state index in [1.165, 1.54) is 42.5 Å². The summed E-state index contributed by atoms with van der Waals surface area (Å²) in [5, 5.41) is 29.4. The number of rotatable bonds is 4. The zero-order valence-corrected chi connectivity index (χ0v) is 17.9. The van der Waals surface area contributed by atoms with Gasteiger partial charge in [0, 0.05) is 15.7 Å². The van der Waals surface area contributed by atoms with Crippen LogP contribution in [-0.2, 0) is 10.0 Å². The number of halogens is 1. The van der Waals surface area contributed by atoms with Crippen molar-refractivity contribution in [1.29, 1.82) is 0 Å². The van der Waals surface area contributed by atoms with Crippen LogP contribution in [0.4, 0.5) is 5.69 Å². The molecule has 4 aromatic rings. The highest BCUT2D eigenvalue weighted by atomic mass is 79.9. The highest BCUT2D eigenvalue weighted by Crippen LogP contribution is 2.35. The van der Waals surface area contributed by atoms with E-state index >= 15 is 0 Å². The highest BCUT2D eigenvalue weighted by molar-refractivity contribution is 9.10. The third-order valence-electron chi connectivity index (χ3n) is 4.46. The lowest BCUT2D eigenvalue weighted by Crippen LogP contribution is -2.13. The summed E-state index contributed by atoms with van der Waals surface area (Å²) >= 11 is 3.22. The lowest BCUT2D eigenvalue weighted by molar-refractivity contribution is 0.403. The van der Waals surface area contributed by atoms with E-state index in [0.717, 1.165) is 6.07 Å². The molecule has 158 valence electrons. The summed E-state index contributed by atoms with van der Waals surface area (Å²) in [6.45, 7) is 0. The monoisotopic (exact) mass is 503 g/mol. The molecule has 1 aromatic heterocycles. The van der Waals surface area contributed by atoms with E-state index in [0.29, 0.717) is 4.47 Å². The summed E-state index contributed by atoms with van der Waals surface area (Å²) in [5.74, 6) is -1.73. The van der Waals surface area contributed by atoms with E-state index in [1.54, 1.807) is 12.1 Å². The number of hydrogen-bond donors (Lipinski definition) is 4. The van der Waals surface area contributed by atoms with Crippen LogP contribution in [0.1, 0.15) is 0 Å². The molecule has 4 N–H and O–H groups in total. The minimum absolute atomic E-state index is 0.0272. The molecule has 0 saturated heterocycles. The molecule has 0 aliphatic carbocycles. The Balaban J connectivity index is 1.77. The van der Waals surface area contributed by atoms with E-state index in [-0.39, 0.29) is 38.6 Å². The van der Waals surface area contributed by atoms with Gasteiger partial charge in [0.2, 0.25) is 11.2 Å². The number of benzene rings is 3. The Hall–Kier alpha value is -3.50. The number of sulfonamides is 1. The fourth-order valence-corrected chi connectivity index (χ4v) is 4.60. The van der Waals surface area contributed by atoms with E-state index in [4.69, 9.17) is 4.42 Å². The molecule has 0 saturated carbocycles. The van der Waals surface area contributed by atoms with Crippen LogP contribution in [0, 0.1) is 0 Å². The predicted octanol–water partition coefficient (Wildman–Crippen LogP) is 4.14. The summed E-state index contributed by atoms with van der Waals surface area (Å²) in [4.78, 5) is 12.7. The lowest BCUT2D eigenvalue weighted by Gasteiger charge is -2.10. The van der Waals surface area contributed by atoms with E-state index in [2.05, 4.69) is 20.7 Å². The summed E-state index contributed by atoms with van der Waals surface area (Å²) in [6, 6.07) is 13.9. The summed E-state index contributed by atoms with van der Waals surface area (Å²) in [6.07, 6.45) is 0. The Kier molecular flexibility index (Phi) is 5.11. The molecule has 0 amide bonds. The molecule has 0 aliphatic rings. The van der Waals surface area contributed by atoms with Gasteiger partial charge in [-0.15, -0.1) is 0 Å². The van der Waals surface area contributed by atoms with Gasteiger partial charge in [-0.1, -0.05) is 22.0 Å². The van der Waals surface area contributed by atoms with Gasteiger partial charge in [0.15, 0.2) is 17.3 Å². The van der Waals surface area contributed by atoms with Crippen LogP contribution >= 0.6 is 15.9 Å². The van der Waals surface area contributed by atoms with Crippen LogP contribution in [0.2, 0.25) is 0 Å². The van der Waals surface area contributed by atoms with Crippen molar-refractivity contribution in [2.45, 2.75) is 4.90 Å². The van der Waals surface area contributed by atoms with E-state index < -0.39 is 27.0 Å². The summed E-state index contributed by atoms with van der Waals surface area (Å²) < 4.78 is 33.8. The molecule has 1 heterocycles. The molecule has 0 aliphatic heterocycles. The minimum atomic E-state index is -3.91. The van der Waals surface area contributed by atoms with Crippen LogP contribution < -0.4 is 10.2 Å². The molecular weight excluding hydrogens is 490 g/mol. The second-order valence-electron chi connectivity index (χ2n) is 6.59. The molecule has 3 aromatic carbocycles. The third-order valence-corrected chi connectivity index (χ3v) is 6.33. The SMILES string of the molecule is O=c1c(O)c(-c2ccc(O)c(O)c2)oc2ccc(NS(=O)(=O)c3cccc(Br)c3)cc12. The van der Waals surface area contributed by atoms with Gasteiger partial charge in [-0.05, 0) is 54.6 Å². The van der Waals surface area contributed by atoms with E-state index in [1.807, 2.05) is 0 Å². The maximum absolute atomic E-state index is 12.7. The van der Waals surface area contributed by atoms with Crippen molar-refractivity contribution < 1.29 is 28.2 Å². The van der Waals surface area contributed by atoms with Crippen molar-refractivity contribution >= 4 is 42.6 Å². The number of fused-ring (bicyclic) bond motifs is 1. The molecule has 4 rings (SSSR count). The summed E-state index contributed by atoms with van der Waals surface area (Å²) in [5.41, 5.74) is -0.413. The van der Waals surface area contributed by atoms with Crippen LogP contribution in [-0.4, -0.2) is 23.7 Å². The molecule has 8 nitrogen and oxygen atoms in total. The predicted molar refractivity (Wildman–Crippen MR) is 118 cm³/mol. The largest absolute Gasteiger partial charge is 0.504 e. The first-order chi connectivity index (χ1) is 14.7. The van der Waals surface area contributed by atoms with Crippen molar-refractivity contribution in [2.75, 3.05) is 4.72 Å². The number of phenols is 2. The van der Waals surface area contributed by atoms with Crippen molar-refractivity contribution in [3.05, 3.63) is 75.4 Å². The van der Waals surface area contributed by atoms with Gasteiger partial charge >= 0.3 is 0 Å². The number of nitrogens with one attached hydrogen (secondary N) is 1. The van der Waals surface area contributed by atoms with Crippen molar-refractivity contribution in [1.82, 2.24) is 0 Å². The van der Waals surface area contributed by atoms with Crippen LogP contribution in [0.3, 0.4) is 0 Å². The molecule has 0 unspecified atom stereocenters. The molecule has 0 spiro atoms. The maximum atomic E-state index is 12.7. The van der Waals surface area contributed by atoms with Crippen LogP contribution in [0.15, 0.2) is 79.2 Å². The van der Waals surface area contributed by atoms with Crippen molar-refractivity contribution in [3.8, 4) is 28.6 Å². The van der Waals surface area contributed by atoms with Gasteiger partial charge in [0.1, 0.15) is 5.58 Å². The van der Waals surface area contributed by atoms with Crippen LogP contribution in [0.25, 0.3) is 22.3 Å². The Morgan fingerprint density at radius 1 is 0.903 bits per heavy atom.